The van der Waals surface area contributed by atoms with E-state index >= 15 is 0 Å². The van der Waals surface area contributed by atoms with Crippen LogP contribution in [0.5, 0.6) is 0 Å². The van der Waals surface area contributed by atoms with E-state index in [1.807, 2.05) is 18.4 Å². The van der Waals surface area contributed by atoms with Crippen LogP contribution >= 0.6 is 23.4 Å². The van der Waals surface area contributed by atoms with Gasteiger partial charge >= 0.3 is 0 Å². The second kappa shape index (κ2) is 3.92. The number of hydrogen-bond donors (Lipinski definition) is 2. The summed E-state index contributed by atoms with van der Waals surface area (Å²) in [7, 11) is 0. The lowest BCUT2D eigenvalue weighted by atomic mass is 10.2. The Bertz CT molecular complexity index is 289. The van der Waals surface area contributed by atoms with Gasteiger partial charge in [-0.3, -0.25) is 0 Å². The Kier molecular flexibility index (Phi) is 3.12. The molecular formula is C8H11ClN2S. The Morgan fingerprint density at radius 2 is 2.08 bits per heavy atom. The van der Waals surface area contributed by atoms with Crippen molar-refractivity contribution in [3.8, 4) is 0 Å². The molecular weight excluding hydrogens is 192 g/mol. The average molecular weight is 203 g/mol. The molecule has 0 fully saturated rings. The summed E-state index contributed by atoms with van der Waals surface area (Å²) in [6.45, 7) is 0. The molecule has 12 heavy (non-hydrogen) atoms. The van der Waals surface area contributed by atoms with Gasteiger partial charge in [0.05, 0.1) is 11.4 Å². The minimum Gasteiger partial charge on any atom is -0.397 e. The van der Waals surface area contributed by atoms with Crippen molar-refractivity contribution in [1.82, 2.24) is 0 Å². The Balaban J connectivity index is 3.19. The van der Waals surface area contributed by atoms with Crippen molar-refractivity contribution in [1.29, 1.82) is 0 Å². The molecule has 0 amide bonds. The van der Waals surface area contributed by atoms with Gasteiger partial charge in [-0.05, 0) is 24.0 Å². The number of alkyl halides is 1. The second-order valence-corrected chi connectivity index (χ2v) is 3.57. The van der Waals surface area contributed by atoms with E-state index in [0.717, 1.165) is 10.5 Å². The second-order valence-electron chi connectivity index (χ2n) is 2.42. The molecule has 1 aromatic carbocycles. The van der Waals surface area contributed by atoms with Gasteiger partial charge in [0.1, 0.15) is 0 Å². The third-order valence-electron chi connectivity index (χ3n) is 1.65. The van der Waals surface area contributed by atoms with Crippen molar-refractivity contribution >= 4 is 34.7 Å². The molecule has 4 N–H and O–H groups in total. The van der Waals surface area contributed by atoms with Crippen LogP contribution in [0.1, 0.15) is 5.56 Å². The van der Waals surface area contributed by atoms with Gasteiger partial charge in [-0.15, -0.1) is 23.4 Å². The van der Waals surface area contributed by atoms with Crippen LogP contribution in [0.4, 0.5) is 11.4 Å². The van der Waals surface area contributed by atoms with Crippen molar-refractivity contribution in [3.05, 3.63) is 17.7 Å². The third-order valence-corrected chi connectivity index (χ3v) is 2.65. The Hall–Kier alpha value is -0.540. The molecule has 0 aliphatic heterocycles. The third kappa shape index (κ3) is 1.79. The maximum absolute atomic E-state index is 5.70. The summed E-state index contributed by atoms with van der Waals surface area (Å²) >= 11 is 7.32. The number of thioether (sulfide) groups is 1. The van der Waals surface area contributed by atoms with Gasteiger partial charge in [0.15, 0.2) is 0 Å². The highest BCUT2D eigenvalue weighted by molar-refractivity contribution is 7.98. The van der Waals surface area contributed by atoms with E-state index in [0.29, 0.717) is 17.3 Å². The van der Waals surface area contributed by atoms with Crippen molar-refractivity contribution < 1.29 is 0 Å². The molecule has 66 valence electrons. The first-order chi connectivity index (χ1) is 5.69. The minimum atomic E-state index is 0.407. The largest absolute Gasteiger partial charge is 0.397 e. The number of rotatable bonds is 2. The van der Waals surface area contributed by atoms with Crippen molar-refractivity contribution in [2.24, 2.45) is 0 Å². The lowest BCUT2D eigenvalue weighted by Crippen LogP contribution is -1.98. The topological polar surface area (TPSA) is 52.0 Å². The molecule has 0 aliphatic rings. The van der Waals surface area contributed by atoms with E-state index in [-0.39, 0.29) is 0 Å². The Morgan fingerprint density at radius 1 is 1.42 bits per heavy atom. The van der Waals surface area contributed by atoms with Crippen LogP contribution in [0, 0.1) is 0 Å². The SMILES string of the molecule is CSc1cc(N)c(N)c(CCl)c1. The molecule has 4 heteroatoms. The fourth-order valence-electron chi connectivity index (χ4n) is 0.936. The quantitative estimate of drug-likeness (QED) is 0.440. The van der Waals surface area contributed by atoms with E-state index in [2.05, 4.69) is 0 Å². The molecule has 0 atom stereocenters. The molecule has 0 heterocycles. The fourth-order valence-corrected chi connectivity index (χ4v) is 1.66. The number of benzene rings is 1. The highest BCUT2D eigenvalue weighted by atomic mass is 35.5. The van der Waals surface area contributed by atoms with Crippen LogP contribution in [0.25, 0.3) is 0 Å². The van der Waals surface area contributed by atoms with Crippen LogP contribution < -0.4 is 11.5 Å². The lowest BCUT2D eigenvalue weighted by Gasteiger charge is -2.07. The van der Waals surface area contributed by atoms with Gasteiger partial charge in [-0.25, -0.2) is 0 Å². The number of nitrogen functional groups attached to an aromatic ring is 2. The first-order valence-corrected chi connectivity index (χ1v) is 5.22. The van der Waals surface area contributed by atoms with Gasteiger partial charge in [0.2, 0.25) is 0 Å². The lowest BCUT2D eigenvalue weighted by molar-refractivity contribution is 1.33. The molecule has 1 rings (SSSR count). The molecule has 0 radical (unpaired) electrons. The fraction of sp³-hybridized carbons (Fsp3) is 0.250. The number of nitrogens with two attached hydrogens (primary N) is 2. The molecule has 0 unspecified atom stereocenters. The van der Waals surface area contributed by atoms with Gasteiger partial charge in [-0.2, -0.15) is 0 Å². The zero-order valence-corrected chi connectivity index (χ0v) is 8.38. The average Bonchev–Trinajstić information content (AvgIpc) is 2.09. The molecule has 0 saturated carbocycles. The smallest absolute Gasteiger partial charge is 0.0593 e. The summed E-state index contributed by atoms with van der Waals surface area (Å²) in [5, 5.41) is 0. The highest BCUT2D eigenvalue weighted by Crippen LogP contribution is 2.28. The maximum Gasteiger partial charge on any atom is 0.0593 e. The molecule has 2 nitrogen and oxygen atoms in total. The normalized spacial score (nSPS) is 10.2. The van der Waals surface area contributed by atoms with Crippen LogP contribution in [-0.4, -0.2) is 6.26 Å². The van der Waals surface area contributed by atoms with E-state index in [1.54, 1.807) is 11.8 Å². The molecule has 0 saturated heterocycles. The van der Waals surface area contributed by atoms with Gasteiger partial charge in [-0.1, -0.05) is 0 Å². The summed E-state index contributed by atoms with van der Waals surface area (Å²) in [5.41, 5.74) is 13.5. The predicted molar refractivity (Wildman–Crippen MR) is 56.6 cm³/mol. The standard InChI is InChI=1S/C8H11ClN2S/c1-12-6-2-5(4-9)8(11)7(10)3-6/h2-3H,4,10-11H2,1H3. The zero-order valence-electron chi connectivity index (χ0n) is 6.80. The first kappa shape index (κ1) is 9.55. The molecule has 0 aromatic heterocycles. The number of hydrogen-bond acceptors (Lipinski definition) is 3. The minimum absolute atomic E-state index is 0.407. The van der Waals surface area contributed by atoms with E-state index in [4.69, 9.17) is 23.1 Å². The van der Waals surface area contributed by atoms with Gasteiger partial charge < -0.3 is 11.5 Å². The first-order valence-electron chi connectivity index (χ1n) is 3.47. The molecule has 0 spiro atoms. The van der Waals surface area contributed by atoms with Crippen LogP contribution in [0.3, 0.4) is 0 Å². The van der Waals surface area contributed by atoms with Gasteiger partial charge in [0, 0.05) is 10.8 Å². The molecule has 1 aromatic rings. The Labute approximate surface area is 81.3 Å². The van der Waals surface area contributed by atoms with E-state index in [9.17, 15) is 0 Å². The van der Waals surface area contributed by atoms with Crippen LogP contribution in [-0.2, 0) is 5.88 Å². The number of halogens is 1. The summed E-state index contributed by atoms with van der Waals surface area (Å²) in [6, 6.07) is 3.82. The molecule has 0 aliphatic carbocycles. The van der Waals surface area contributed by atoms with Crippen LogP contribution in [0.15, 0.2) is 17.0 Å². The highest BCUT2D eigenvalue weighted by Gasteiger charge is 2.03. The maximum atomic E-state index is 5.70. The van der Waals surface area contributed by atoms with Crippen molar-refractivity contribution in [2.45, 2.75) is 10.8 Å². The van der Waals surface area contributed by atoms with Crippen molar-refractivity contribution in [2.75, 3.05) is 17.7 Å². The summed E-state index contributed by atoms with van der Waals surface area (Å²) in [6.07, 6.45) is 1.99. The Morgan fingerprint density at radius 3 is 2.58 bits per heavy atom. The summed E-state index contributed by atoms with van der Waals surface area (Å²) in [5.74, 6) is 0.407. The zero-order chi connectivity index (χ0) is 9.14. The van der Waals surface area contributed by atoms with Crippen molar-refractivity contribution in [3.63, 3.8) is 0 Å². The summed E-state index contributed by atoms with van der Waals surface area (Å²) < 4.78 is 0. The summed E-state index contributed by atoms with van der Waals surface area (Å²) in [4.78, 5) is 1.09. The number of anilines is 2. The van der Waals surface area contributed by atoms with Gasteiger partial charge in [0.25, 0.3) is 0 Å². The van der Waals surface area contributed by atoms with E-state index < -0.39 is 0 Å². The van der Waals surface area contributed by atoms with E-state index in [1.165, 1.54) is 0 Å². The van der Waals surface area contributed by atoms with Crippen LogP contribution in [0.2, 0.25) is 0 Å². The molecule has 0 bridgehead atoms. The predicted octanol–water partition coefficient (Wildman–Crippen LogP) is 2.31. The monoisotopic (exact) mass is 202 g/mol.